The van der Waals surface area contributed by atoms with Crippen LogP contribution in [0.3, 0.4) is 0 Å². The van der Waals surface area contributed by atoms with Gasteiger partial charge in [0.25, 0.3) is 5.91 Å². The maximum Gasteiger partial charge on any atom is 0.289 e. The van der Waals surface area contributed by atoms with E-state index < -0.39 is 0 Å². The second kappa shape index (κ2) is 7.46. The predicted molar refractivity (Wildman–Crippen MR) is 91.0 cm³/mol. The zero-order valence-corrected chi connectivity index (χ0v) is 13.4. The normalized spacial score (nSPS) is 10.4. The number of hydrogen-bond donors (Lipinski definition) is 1. The number of ether oxygens (including phenoxy) is 1. The van der Waals surface area contributed by atoms with E-state index in [1.807, 2.05) is 54.6 Å². The molecule has 1 amide bonds. The van der Waals surface area contributed by atoms with Crippen LogP contribution in [0.1, 0.15) is 16.1 Å². The number of rotatable bonds is 6. The number of methoxy groups -OCH3 is 1. The van der Waals surface area contributed by atoms with Crippen molar-refractivity contribution < 1.29 is 13.9 Å². The molecule has 5 heteroatoms. The van der Waals surface area contributed by atoms with Crippen LogP contribution in [0.25, 0.3) is 11.3 Å². The number of hydrogen-bond acceptors (Lipinski definition) is 4. The van der Waals surface area contributed by atoms with Crippen LogP contribution in [0, 0.1) is 0 Å². The Balaban J connectivity index is 1.61. The van der Waals surface area contributed by atoms with Crippen molar-refractivity contribution in [3.05, 3.63) is 72.3 Å². The Hall–Kier alpha value is -3.08. The largest absolute Gasteiger partial charge is 0.497 e. The molecule has 1 heterocycles. The van der Waals surface area contributed by atoms with E-state index in [4.69, 9.17) is 9.15 Å². The minimum atomic E-state index is -0.264. The highest BCUT2D eigenvalue weighted by molar-refractivity contribution is 5.97. The SMILES string of the molecule is COc1ccc(CCNC(=O)c2ocnc2-c2ccccc2)cc1. The summed E-state index contributed by atoms with van der Waals surface area (Å²) in [6.07, 6.45) is 2.02. The van der Waals surface area contributed by atoms with Gasteiger partial charge in [0.1, 0.15) is 11.4 Å². The lowest BCUT2D eigenvalue weighted by molar-refractivity contribution is 0.0927. The molecular weight excluding hydrogens is 304 g/mol. The number of nitrogens with zero attached hydrogens (tertiary/aromatic N) is 1. The molecule has 24 heavy (non-hydrogen) atoms. The van der Waals surface area contributed by atoms with E-state index in [1.165, 1.54) is 6.39 Å². The van der Waals surface area contributed by atoms with Crippen LogP contribution < -0.4 is 10.1 Å². The van der Waals surface area contributed by atoms with Crippen LogP contribution in [-0.2, 0) is 6.42 Å². The van der Waals surface area contributed by atoms with Crippen LogP contribution in [0.2, 0.25) is 0 Å². The number of oxazole rings is 1. The maximum absolute atomic E-state index is 12.3. The molecule has 0 aliphatic rings. The Morgan fingerprint density at radius 3 is 2.58 bits per heavy atom. The molecule has 0 radical (unpaired) electrons. The third-order valence-corrected chi connectivity index (χ3v) is 3.68. The van der Waals surface area contributed by atoms with Gasteiger partial charge in [0.2, 0.25) is 5.76 Å². The van der Waals surface area contributed by atoms with Gasteiger partial charge < -0.3 is 14.5 Å². The molecule has 2 aromatic carbocycles. The molecule has 0 atom stereocenters. The third kappa shape index (κ3) is 3.63. The minimum absolute atomic E-state index is 0.232. The molecule has 0 unspecified atom stereocenters. The lowest BCUT2D eigenvalue weighted by Gasteiger charge is -2.06. The van der Waals surface area contributed by atoms with Gasteiger partial charge in [-0.2, -0.15) is 0 Å². The van der Waals surface area contributed by atoms with Gasteiger partial charge in [-0.25, -0.2) is 4.98 Å². The maximum atomic E-state index is 12.3. The molecule has 0 bridgehead atoms. The zero-order chi connectivity index (χ0) is 16.8. The van der Waals surface area contributed by atoms with Crippen molar-refractivity contribution in [2.24, 2.45) is 0 Å². The average Bonchev–Trinajstić information content (AvgIpc) is 3.13. The van der Waals surface area contributed by atoms with Crippen LogP contribution in [0.4, 0.5) is 0 Å². The van der Waals surface area contributed by atoms with E-state index in [0.29, 0.717) is 12.2 Å². The van der Waals surface area contributed by atoms with Gasteiger partial charge in [-0.3, -0.25) is 4.79 Å². The molecule has 0 aliphatic heterocycles. The molecule has 1 aromatic heterocycles. The van der Waals surface area contributed by atoms with Crippen molar-refractivity contribution >= 4 is 5.91 Å². The number of carbonyl (C=O) groups is 1. The quantitative estimate of drug-likeness (QED) is 0.756. The van der Waals surface area contributed by atoms with Crippen LogP contribution >= 0.6 is 0 Å². The van der Waals surface area contributed by atoms with Crippen molar-refractivity contribution in [3.63, 3.8) is 0 Å². The second-order valence-electron chi connectivity index (χ2n) is 5.25. The van der Waals surface area contributed by atoms with E-state index in [-0.39, 0.29) is 11.7 Å². The van der Waals surface area contributed by atoms with Gasteiger partial charge in [0.05, 0.1) is 7.11 Å². The summed E-state index contributed by atoms with van der Waals surface area (Å²) in [6, 6.07) is 17.3. The highest BCUT2D eigenvalue weighted by atomic mass is 16.5. The molecule has 0 aliphatic carbocycles. The number of aromatic nitrogens is 1. The van der Waals surface area contributed by atoms with Gasteiger partial charge >= 0.3 is 0 Å². The van der Waals surface area contributed by atoms with Crippen LogP contribution in [0.15, 0.2) is 65.4 Å². The topological polar surface area (TPSA) is 64.4 Å². The van der Waals surface area contributed by atoms with Crippen LogP contribution in [-0.4, -0.2) is 24.5 Å². The standard InChI is InChI=1S/C19H18N2O3/c1-23-16-9-7-14(8-10-16)11-12-20-19(22)18-17(21-13-24-18)15-5-3-2-4-6-15/h2-10,13H,11-12H2,1H3,(H,20,22). The average molecular weight is 322 g/mol. The van der Waals surface area contributed by atoms with Crippen molar-refractivity contribution in [3.8, 4) is 17.0 Å². The van der Waals surface area contributed by atoms with E-state index >= 15 is 0 Å². The van der Waals surface area contributed by atoms with E-state index in [0.717, 1.165) is 23.3 Å². The summed E-state index contributed by atoms with van der Waals surface area (Å²) in [6.45, 7) is 0.514. The first kappa shape index (κ1) is 15.8. The molecule has 0 fully saturated rings. The summed E-state index contributed by atoms with van der Waals surface area (Å²) in [5.74, 6) is 0.785. The molecule has 1 N–H and O–H groups in total. The summed E-state index contributed by atoms with van der Waals surface area (Å²) >= 11 is 0. The molecule has 0 saturated carbocycles. The Bertz CT molecular complexity index is 795. The van der Waals surface area contributed by atoms with E-state index in [2.05, 4.69) is 10.3 Å². The first-order chi connectivity index (χ1) is 11.8. The molecule has 5 nitrogen and oxygen atoms in total. The fraction of sp³-hybridized carbons (Fsp3) is 0.158. The minimum Gasteiger partial charge on any atom is -0.497 e. The summed E-state index contributed by atoms with van der Waals surface area (Å²) in [4.78, 5) is 16.5. The Morgan fingerprint density at radius 2 is 1.88 bits per heavy atom. The fourth-order valence-electron chi connectivity index (χ4n) is 2.40. The first-order valence-corrected chi connectivity index (χ1v) is 7.68. The molecular formula is C19H18N2O3. The monoisotopic (exact) mass is 322 g/mol. The van der Waals surface area contributed by atoms with Crippen molar-refractivity contribution in [1.29, 1.82) is 0 Å². The first-order valence-electron chi connectivity index (χ1n) is 7.68. The lowest BCUT2D eigenvalue weighted by Crippen LogP contribution is -2.25. The molecule has 122 valence electrons. The Labute approximate surface area is 140 Å². The van der Waals surface area contributed by atoms with Gasteiger partial charge in [-0.1, -0.05) is 42.5 Å². The molecule has 3 rings (SSSR count). The second-order valence-corrected chi connectivity index (χ2v) is 5.25. The summed E-state index contributed by atoms with van der Waals surface area (Å²) in [5.41, 5.74) is 2.53. The Morgan fingerprint density at radius 1 is 1.12 bits per heavy atom. The zero-order valence-electron chi connectivity index (χ0n) is 13.4. The Kier molecular flexibility index (Phi) is 4.91. The summed E-state index contributed by atoms with van der Waals surface area (Å²) in [5, 5.41) is 2.87. The number of amides is 1. The number of carbonyl (C=O) groups excluding carboxylic acids is 1. The van der Waals surface area contributed by atoms with Crippen molar-refractivity contribution in [2.75, 3.05) is 13.7 Å². The van der Waals surface area contributed by atoms with Gasteiger partial charge in [-0.15, -0.1) is 0 Å². The van der Waals surface area contributed by atoms with E-state index in [9.17, 15) is 4.79 Å². The smallest absolute Gasteiger partial charge is 0.289 e. The van der Waals surface area contributed by atoms with E-state index in [1.54, 1.807) is 7.11 Å². The highest BCUT2D eigenvalue weighted by Gasteiger charge is 2.17. The highest BCUT2D eigenvalue weighted by Crippen LogP contribution is 2.21. The number of benzene rings is 2. The third-order valence-electron chi connectivity index (χ3n) is 3.68. The number of nitrogens with one attached hydrogen (secondary N) is 1. The fourth-order valence-corrected chi connectivity index (χ4v) is 2.40. The summed E-state index contributed by atoms with van der Waals surface area (Å²) in [7, 11) is 1.64. The van der Waals surface area contributed by atoms with Crippen molar-refractivity contribution in [2.45, 2.75) is 6.42 Å². The molecule has 3 aromatic rings. The van der Waals surface area contributed by atoms with Crippen molar-refractivity contribution in [1.82, 2.24) is 10.3 Å². The van der Waals surface area contributed by atoms with Gasteiger partial charge in [0, 0.05) is 12.1 Å². The summed E-state index contributed by atoms with van der Waals surface area (Å²) < 4.78 is 10.4. The predicted octanol–water partition coefficient (Wildman–Crippen LogP) is 3.32. The van der Waals surface area contributed by atoms with Gasteiger partial charge in [-0.05, 0) is 24.1 Å². The molecule has 0 spiro atoms. The van der Waals surface area contributed by atoms with Gasteiger partial charge in [0.15, 0.2) is 6.39 Å². The molecule has 0 saturated heterocycles. The lowest BCUT2D eigenvalue weighted by atomic mass is 10.1. The van der Waals surface area contributed by atoms with Crippen LogP contribution in [0.5, 0.6) is 5.75 Å².